The van der Waals surface area contributed by atoms with Crippen LogP contribution in [0.3, 0.4) is 0 Å². The van der Waals surface area contributed by atoms with Crippen molar-refractivity contribution in [1.29, 1.82) is 0 Å². The molecule has 0 atom stereocenters. The molecule has 0 bridgehead atoms. The first-order valence-corrected chi connectivity index (χ1v) is 8.51. The zero-order chi connectivity index (χ0) is 18.7. The molecule has 0 N–H and O–H groups in total. The third kappa shape index (κ3) is 3.64. The van der Waals surface area contributed by atoms with Gasteiger partial charge in [0.2, 0.25) is 0 Å². The first kappa shape index (κ1) is 17.8. The van der Waals surface area contributed by atoms with Crippen LogP contribution >= 0.6 is 0 Å². The summed E-state index contributed by atoms with van der Waals surface area (Å²) in [6, 6.07) is 15.0. The molecular weight excluding hydrogens is 324 g/mol. The van der Waals surface area contributed by atoms with Crippen molar-refractivity contribution in [3.05, 3.63) is 77.5 Å². The van der Waals surface area contributed by atoms with E-state index in [9.17, 15) is 4.79 Å². The van der Waals surface area contributed by atoms with Gasteiger partial charge in [0.25, 0.3) is 0 Å². The van der Waals surface area contributed by atoms with Gasteiger partial charge in [0.15, 0.2) is 5.78 Å². The summed E-state index contributed by atoms with van der Waals surface area (Å²) in [4.78, 5) is 12.8. The molecule has 0 saturated carbocycles. The van der Waals surface area contributed by atoms with Crippen LogP contribution in [0.1, 0.15) is 36.7 Å². The number of ketones is 1. The highest BCUT2D eigenvalue weighted by molar-refractivity contribution is 6.16. The van der Waals surface area contributed by atoms with Crippen molar-refractivity contribution in [1.82, 2.24) is 0 Å². The van der Waals surface area contributed by atoms with E-state index in [1.165, 1.54) is 0 Å². The molecule has 4 heteroatoms. The van der Waals surface area contributed by atoms with Crippen LogP contribution in [0.25, 0.3) is 5.57 Å². The highest BCUT2D eigenvalue weighted by Crippen LogP contribution is 2.37. The number of benzene rings is 2. The van der Waals surface area contributed by atoms with Gasteiger partial charge in [0, 0.05) is 16.7 Å². The first-order valence-electron chi connectivity index (χ1n) is 8.51. The van der Waals surface area contributed by atoms with Crippen molar-refractivity contribution in [2.45, 2.75) is 20.8 Å². The molecular formula is C22H22N2O2. The number of allylic oxidation sites excluding steroid dienone is 3. The monoisotopic (exact) mass is 346 g/mol. The zero-order valence-corrected chi connectivity index (χ0v) is 15.5. The minimum atomic E-state index is -0.239. The lowest BCUT2D eigenvalue weighted by atomic mass is 9.76. The number of hydrogen-bond acceptors (Lipinski definition) is 4. The van der Waals surface area contributed by atoms with Gasteiger partial charge in [0.1, 0.15) is 5.75 Å². The average molecular weight is 346 g/mol. The second-order valence-electron chi connectivity index (χ2n) is 7.18. The largest absolute Gasteiger partial charge is 0.497 e. The molecule has 0 radical (unpaired) electrons. The van der Waals surface area contributed by atoms with Gasteiger partial charge >= 0.3 is 0 Å². The molecule has 2 aromatic rings. The van der Waals surface area contributed by atoms with Gasteiger partial charge in [-0.1, -0.05) is 45.0 Å². The molecule has 3 rings (SSSR count). The molecule has 0 heterocycles. The molecule has 132 valence electrons. The molecule has 0 amide bonds. The highest BCUT2D eigenvalue weighted by Gasteiger charge is 2.30. The maximum Gasteiger partial charge on any atom is 0.190 e. The molecule has 0 aliphatic heterocycles. The number of carbonyl (C=O) groups excluding carboxylic acids is 1. The third-order valence-corrected chi connectivity index (χ3v) is 4.28. The number of ether oxygens (including phenoxy) is 1. The second-order valence-corrected chi connectivity index (χ2v) is 7.18. The lowest BCUT2D eigenvalue weighted by molar-refractivity contribution is 0.101. The molecule has 4 nitrogen and oxygen atoms in total. The van der Waals surface area contributed by atoms with Gasteiger partial charge in [-0.3, -0.25) is 4.79 Å². The summed E-state index contributed by atoms with van der Waals surface area (Å²) in [6.07, 6.45) is 3.64. The zero-order valence-electron chi connectivity index (χ0n) is 15.5. The Morgan fingerprint density at radius 1 is 0.962 bits per heavy atom. The number of Topliss-reactive ketones (excluding diaryl/α,β-unsaturated/α-hetero) is 1. The summed E-state index contributed by atoms with van der Waals surface area (Å²) >= 11 is 0. The van der Waals surface area contributed by atoms with Crippen LogP contribution in [0.5, 0.6) is 5.75 Å². The summed E-state index contributed by atoms with van der Waals surface area (Å²) in [6.45, 7) is 6.13. The summed E-state index contributed by atoms with van der Waals surface area (Å²) in [5, 5.41) is 8.46. The van der Waals surface area contributed by atoms with Gasteiger partial charge in [0.05, 0.1) is 19.0 Å². The fourth-order valence-corrected chi connectivity index (χ4v) is 2.85. The third-order valence-electron chi connectivity index (χ3n) is 4.28. The molecule has 0 spiro atoms. The van der Waals surface area contributed by atoms with Crippen molar-refractivity contribution < 1.29 is 9.53 Å². The Kier molecular flexibility index (Phi) is 4.85. The van der Waals surface area contributed by atoms with Gasteiger partial charge in [-0.15, -0.1) is 0 Å². The maximum absolute atomic E-state index is 12.8. The van der Waals surface area contributed by atoms with Crippen molar-refractivity contribution in [2.24, 2.45) is 15.6 Å². The van der Waals surface area contributed by atoms with Crippen molar-refractivity contribution in [2.75, 3.05) is 7.11 Å². The Balaban J connectivity index is 1.97. The predicted molar refractivity (Wildman–Crippen MR) is 104 cm³/mol. The Bertz CT molecular complexity index is 914. The van der Waals surface area contributed by atoms with E-state index in [0.717, 1.165) is 28.1 Å². The lowest BCUT2D eigenvalue weighted by Gasteiger charge is -2.27. The van der Waals surface area contributed by atoms with Gasteiger partial charge in [-0.25, -0.2) is 0 Å². The van der Waals surface area contributed by atoms with E-state index in [1.54, 1.807) is 13.3 Å². The Hall–Kier alpha value is -3.01. The molecule has 0 saturated heterocycles. The molecule has 2 aromatic carbocycles. The van der Waals surface area contributed by atoms with Gasteiger partial charge < -0.3 is 4.74 Å². The van der Waals surface area contributed by atoms with Crippen molar-refractivity contribution in [3.8, 4) is 5.75 Å². The molecule has 26 heavy (non-hydrogen) atoms. The van der Waals surface area contributed by atoms with Gasteiger partial charge in [-0.2, -0.15) is 10.2 Å². The quantitative estimate of drug-likeness (QED) is 0.641. The fourth-order valence-electron chi connectivity index (χ4n) is 2.85. The highest BCUT2D eigenvalue weighted by atomic mass is 16.5. The standard InChI is InChI=1S/C22H22N2O2/c1-22(2,3)20-13-15(18-7-5-6-8-19(18)21(20)25)14-23-24-16-9-11-17(26-4)12-10-16/h5-14H,1-4H3/b15-14-,24-23?. The van der Waals surface area contributed by atoms with Crippen LogP contribution < -0.4 is 4.74 Å². The number of nitrogens with zero attached hydrogens (tertiary/aromatic N) is 2. The number of hydrogen-bond donors (Lipinski definition) is 0. The van der Waals surface area contributed by atoms with E-state index < -0.39 is 0 Å². The van der Waals surface area contributed by atoms with Crippen LogP contribution in [0.4, 0.5) is 5.69 Å². The summed E-state index contributed by atoms with van der Waals surface area (Å²) < 4.78 is 5.14. The lowest BCUT2D eigenvalue weighted by Crippen LogP contribution is -2.22. The number of carbonyl (C=O) groups is 1. The van der Waals surface area contributed by atoms with E-state index in [-0.39, 0.29) is 11.2 Å². The Labute approximate surface area is 153 Å². The Morgan fingerprint density at radius 3 is 2.23 bits per heavy atom. The summed E-state index contributed by atoms with van der Waals surface area (Å²) in [5.41, 5.74) is 3.77. The molecule has 0 aromatic heterocycles. The number of rotatable bonds is 3. The van der Waals surface area contributed by atoms with Crippen LogP contribution in [0.15, 0.2) is 76.6 Å². The minimum absolute atomic E-state index is 0.0809. The smallest absolute Gasteiger partial charge is 0.190 e. The van der Waals surface area contributed by atoms with Crippen LogP contribution in [0, 0.1) is 5.41 Å². The van der Waals surface area contributed by atoms with Crippen LogP contribution in [0.2, 0.25) is 0 Å². The predicted octanol–water partition coefficient (Wildman–Crippen LogP) is 5.99. The SMILES string of the molecule is COc1ccc(N=N/C=C2/C=C(C(C)(C)C)C(=O)c3ccccc32)cc1. The van der Waals surface area contributed by atoms with E-state index in [4.69, 9.17) is 4.74 Å². The van der Waals surface area contributed by atoms with E-state index in [0.29, 0.717) is 5.56 Å². The average Bonchev–Trinajstić information content (AvgIpc) is 2.63. The number of fused-ring (bicyclic) bond motifs is 1. The first-order chi connectivity index (χ1) is 12.4. The fraction of sp³-hybridized carbons (Fsp3) is 0.227. The minimum Gasteiger partial charge on any atom is -0.497 e. The molecule has 0 unspecified atom stereocenters. The summed E-state index contributed by atoms with van der Waals surface area (Å²) in [5.74, 6) is 0.858. The van der Waals surface area contributed by atoms with Crippen LogP contribution in [-0.2, 0) is 0 Å². The van der Waals surface area contributed by atoms with Crippen molar-refractivity contribution >= 4 is 17.0 Å². The van der Waals surface area contributed by atoms with E-state index in [2.05, 4.69) is 10.2 Å². The number of azo groups is 1. The molecule has 1 aliphatic carbocycles. The van der Waals surface area contributed by atoms with Gasteiger partial charge in [-0.05, 0) is 41.3 Å². The second kappa shape index (κ2) is 7.08. The van der Waals surface area contributed by atoms with E-state index >= 15 is 0 Å². The van der Waals surface area contributed by atoms with E-state index in [1.807, 2.05) is 75.4 Å². The topological polar surface area (TPSA) is 51.0 Å². The Morgan fingerprint density at radius 2 is 1.62 bits per heavy atom. The molecule has 1 aliphatic rings. The van der Waals surface area contributed by atoms with Crippen molar-refractivity contribution in [3.63, 3.8) is 0 Å². The van der Waals surface area contributed by atoms with Crippen LogP contribution in [-0.4, -0.2) is 12.9 Å². The normalized spacial score (nSPS) is 15.9. The maximum atomic E-state index is 12.8. The summed E-state index contributed by atoms with van der Waals surface area (Å²) in [7, 11) is 1.63. The molecule has 0 fully saturated rings. The number of methoxy groups -OCH3 is 1.